The van der Waals surface area contributed by atoms with Crippen molar-refractivity contribution in [1.82, 2.24) is 15.3 Å². The number of hydrazine groups is 1. The molecule has 2 N–H and O–H groups in total. The molecule has 3 amide bonds. The number of hydrogen-bond acceptors (Lipinski definition) is 5. The summed E-state index contributed by atoms with van der Waals surface area (Å²) in [5, 5.41) is 6.66. The fourth-order valence-electron chi connectivity index (χ4n) is 3.11. The molecule has 1 aromatic rings. The number of carbonyl (C=O) groups excluding carboxylic acids is 3. The van der Waals surface area contributed by atoms with Crippen LogP contribution in [0.5, 0.6) is 0 Å². The minimum absolute atomic E-state index is 0.171. The summed E-state index contributed by atoms with van der Waals surface area (Å²) in [6.07, 6.45) is -4.98. The highest BCUT2D eigenvalue weighted by Gasteiger charge is 2.56. The number of rotatable bonds is 2. The van der Waals surface area contributed by atoms with Gasteiger partial charge < -0.3 is 5.32 Å². The number of fused-ring (bicyclic) bond motifs is 1. The predicted octanol–water partition coefficient (Wildman–Crippen LogP) is 1.66. The van der Waals surface area contributed by atoms with Gasteiger partial charge in [-0.15, -0.1) is 0 Å². The van der Waals surface area contributed by atoms with E-state index in [2.05, 4.69) is 10.6 Å². The molecular formula is C16H15F3N4O3S. The average Bonchev–Trinajstić information content (AvgIpc) is 2.92. The lowest BCUT2D eigenvalue weighted by molar-refractivity contribution is -0.154. The van der Waals surface area contributed by atoms with Crippen LogP contribution < -0.4 is 10.6 Å². The fourth-order valence-corrected chi connectivity index (χ4v) is 3.40. The van der Waals surface area contributed by atoms with Crippen LogP contribution in [0, 0.1) is 0 Å². The fraction of sp³-hybridized carbons (Fsp3) is 0.375. The van der Waals surface area contributed by atoms with Crippen LogP contribution in [0.2, 0.25) is 0 Å². The highest BCUT2D eigenvalue weighted by atomic mass is 32.1. The molecule has 0 bridgehead atoms. The van der Waals surface area contributed by atoms with Gasteiger partial charge in [-0.2, -0.15) is 18.2 Å². The summed E-state index contributed by atoms with van der Waals surface area (Å²) in [6.45, 7) is 2.97. The molecule has 2 aliphatic heterocycles. The van der Waals surface area contributed by atoms with Crippen LogP contribution in [0.3, 0.4) is 0 Å². The first-order chi connectivity index (χ1) is 12.4. The van der Waals surface area contributed by atoms with Crippen molar-refractivity contribution in [1.29, 1.82) is 0 Å². The Morgan fingerprint density at radius 1 is 1.30 bits per heavy atom. The minimum Gasteiger partial charge on any atom is -0.324 e. The van der Waals surface area contributed by atoms with Crippen molar-refractivity contribution in [3.63, 3.8) is 0 Å². The van der Waals surface area contributed by atoms with Crippen LogP contribution in [-0.2, 0) is 20.6 Å². The first-order valence-corrected chi connectivity index (χ1v) is 8.30. The van der Waals surface area contributed by atoms with E-state index in [4.69, 9.17) is 12.2 Å². The van der Waals surface area contributed by atoms with E-state index < -0.39 is 46.7 Å². The van der Waals surface area contributed by atoms with Gasteiger partial charge in [-0.1, -0.05) is 12.1 Å². The molecule has 2 fully saturated rings. The number of anilines is 1. The topological polar surface area (TPSA) is 81.8 Å². The molecule has 1 atom stereocenters. The summed E-state index contributed by atoms with van der Waals surface area (Å²) in [4.78, 5) is 37.2. The third-order valence-electron chi connectivity index (χ3n) is 4.45. The van der Waals surface area contributed by atoms with Gasteiger partial charge in [-0.05, 0) is 38.2 Å². The second-order valence-corrected chi connectivity index (χ2v) is 7.01. The Morgan fingerprint density at radius 2 is 1.93 bits per heavy atom. The molecule has 27 heavy (non-hydrogen) atoms. The van der Waals surface area contributed by atoms with Crippen LogP contribution in [0.1, 0.15) is 25.8 Å². The van der Waals surface area contributed by atoms with E-state index in [1.807, 2.05) is 0 Å². The standard InChI is InChI=1S/C16H15F3N4O3S/c1-15(2)13(26)21-14(27)22-11(24)7-10(23(15)22)12(25)20-9-6-4-3-5-8(9)16(17,18)19/h3-6,10H,7H2,1-2H3,(H,20,25)(H,21,26,27). The number of para-hydroxylation sites is 1. The van der Waals surface area contributed by atoms with Crippen molar-refractivity contribution in [3.8, 4) is 0 Å². The maximum Gasteiger partial charge on any atom is 0.418 e. The number of carbonyl (C=O) groups is 3. The third kappa shape index (κ3) is 3.16. The largest absolute Gasteiger partial charge is 0.418 e. The van der Waals surface area contributed by atoms with Crippen molar-refractivity contribution in [2.45, 2.75) is 38.0 Å². The molecule has 144 valence electrons. The Balaban J connectivity index is 1.93. The normalized spacial score (nSPS) is 22.5. The molecule has 3 rings (SSSR count). The Morgan fingerprint density at radius 3 is 2.56 bits per heavy atom. The molecule has 0 radical (unpaired) electrons. The molecule has 1 unspecified atom stereocenters. The molecule has 2 heterocycles. The summed E-state index contributed by atoms with van der Waals surface area (Å²) in [5.41, 5.74) is -2.74. The molecular weight excluding hydrogens is 385 g/mol. The highest BCUT2D eigenvalue weighted by molar-refractivity contribution is 7.80. The van der Waals surface area contributed by atoms with E-state index in [-0.39, 0.29) is 11.5 Å². The number of alkyl halides is 3. The van der Waals surface area contributed by atoms with Crippen molar-refractivity contribution in [3.05, 3.63) is 29.8 Å². The van der Waals surface area contributed by atoms with Crippen molar-refractivity contribution >= 4 is 40.7 Å². The number of amides is 3. The Bertz CT molecular complexity index is 856. The number of benzene rings is 1. The van der Waals surface area contributed by atoms with E-state index in [1.54, 1.807) is 0 Å². The Kier molecular flexibility index (Phi) is 4.47. The molecule has 0 spiro atoms. The van der Waals surface area contributed by atoms with E-state index in [0.29, 0.717) is 0 Å². The lowest BCUT2D eigenvalue weighted by Gasteiger charge is -2.45. The first-order valence-electron chi connectivity index (χ1n) is 7.89. The minimum atomic E-state index is -4.66. The second-order valence-electron chi connectivity index (χ2n) is 6.62. The van der Waals surface area contributed by atoms with Crippen molar-refractivity contribution in [2.75, 3.05) is 5.32 Å². The van der Waals surface area contributed by atoms with Gasteiger partial charge in [0.05, 0.1) is 17.7 Å². The number of nitrogens with zero attached hydrogens (tertiary/aromatic N) is 2. The quantitative estimate of drug-likeness (QED) is 0.738. The first kappa shape index (κ1) is 19.2. The number of halogens is 3. The molecule has 7 nitrogen and oxygen atoms in total. The van der Waals surface area contributed by atoms with Crippen LogP contribution in [0.25, 0.3) is 0 Å². The zero-order valence-corrected chi connectivity index (χ0v) is 15.1. The molecule has 11 heteroatoms. The van der Waals surface area contributed by atoms with Gasteiger partial charge in [-0.25, -0.2) is 5.01 Å². The maximum absolute atomic E-state index is 13.1. The molecule has 2 aliphatic rings. The average molecular weight is 400 g/mol. The smallest absolute Gasteiger partial charge is 0.324 e. The van der Waals surface area contributed by atoms with E-state index in [9.17, 15) is 27.6 Å². The highest BCUT2D eigenvalue weighted by Crippen LogP contribution is 2.36. The van der Waals surface area contributed by atoms with Crippen molar-refractivity contribution in [2.24, 2.45) is 0 Å². The molecule has 1 aromatic carbocycles. The van der Waals surface area contributed by atoms with Gasteiger partial charge in [0, 0.05) is 0 Å². The van der Waals surface area contributed by atoms with Crippen LogP contribution >= 0.6 is 12.2 Å². The zero-order chi connectivity index (χ0) is 20.1. The van der Waals surface area contributed by atoms with Crippen LogP contribution in [0.15, 0.2) is 24.3 Å². The summed E-state index contributed by atoms with van der Waals surface area (Å²) < 4.78 is 39.4. The van der Waals surface area contributed by atoms with Crippen LogP contribution in [-0.4, -0.2) is 44.4 Å². The summed E-state index contributed by atoms with van der Waals surface area (Å²) in [5.74, 6) is -1.89. The summed E-state index contributed by atoms with van der Waals surface area (Å²) in [6, 6.07) is 3.33. The Hall–Kier alpha value is -2.53. The van der Waals surface area contributed by atoms with E-state index >= 15 is 0 Å². The summed E-state index contributed by atoms with van der Waals surface area (Å²) >= 11 is 4.99. The predicted molar refractivity (Wildman–Crippen MR) is 92.0 cm³/mol. The summed E-state index contributed by atoms with van der Waals surface area (Å²) in [7, 11) is 0. The van der Waals surface area contributed by atoms with Gasteiger partial charge in [0.15, 0.2) is 5.11 Å². The SMILES string of the molecule is CC1(C)C(=O)NC(=S)N2C(=O)CC(C(=O)Nc3ccccc3C(F)(F)F)N21. The molecule has 2 saturated heterocycles. The van der Waals surface area contributed by atoms with E-state index in [1.165, 1.54) is 31.0 Å². The third-order valence-corrected chi connectivity index (χ3v) is 4.72. The maximum atomic E-state index is 13.1. The lowest BCUT2D eigenvalue weighted by Crippen LogP contribution is -2.71. The van der Waals surface area contributed by atoms with Gasteiger partial charge in [0.2, 0.25) is 17.7 Å². The monoisotopic (exact) mass is 400 g/mol. The second kappa shape index (κ2) is 6.27. The number of nitrogens with one attached hydrogen (secondary N) is 2. The molecule has 0 saturated carbocycles. The van der Waals surface area contributed by atoms with E-state index in [0.717, 1.165) is 17.1 Å². The molecule has 0 aliphatic carbocycles. The van der Waals surface area contributed by atoms with Gasteiger partial charge >= 0.3 is 6.18 Å². The van der Waals surface area contributed by atoms with Gasteiger partial charge in [0.1, 0.15) is 11.6 Å². The number of hydrogen-bond donors (Lipinski definition) is 2. The zero-order valence-electron chi connectivity index (χ0n) is 14.3. The number of thiocarbonyl (C=S) groups is 1. The van der Waals surface area contributed by atoms with Gasteiger partial charge in [0.25, 0.3) is 0 Å². The molecule has 0 aromatic heterocycles. The van der Waals surface area contributed by atoms with Crippen LogP contribution in [0.4, 0.5) is 18.9 Å². The van der Waals surface area contributed by atoms with Crippen molar-refractivity contribution < 1.29 is 27.6 Å². The Labute approximate surface area is 157 Å². The lowest BCUT2D eigenvalue weighted by atomic mass is 10.00. The van der Waals surface area contributed by atoms with Gasteiger partial charge in [-0.3, -0.25) is 19.7 Å².